The van der Waals surface area contributed by atoms with Crippen molar-refractivity contribution in [1.29, 1.82) is 0 Å². The van der Waals surface area contributed by atoms with Gasteiger partial charge < -0.3 is 5.11 Å². The average molecular weight is 357 g/mol. The van der Waals surface area contributed by atoms with Gasteiger partial charge in [-0.3, -0.25) is 4.79 Å². The van der Waals surface area contributed by atoms with Gasteiger partial charge in [-0.2, -0.15) is 4.40 Å². The molecule has 2 aromatic carbocycles. The number of para-hydroxylation sites is 1. The molecular formula is C22H19N3O2. The molecule has 0 N–H and O–H groups in total. The lowest BCUT2D eigenvalue weighted by molar-refractivity contribution is -0.662. The molecule has 0 saturated heterocycles. The second-order valence-corrected chi connectivity index (χ2v) is 6.53. The lowest BCUT2D eigenvalue weighted by atomic mass is 10.0. The third-order valence-electron chi connectivity index (χ3n) is 4.72. The molecule has 2 heterocycles. The summed E-state index contributed by atoms with van der Waals surface area (Å²) in [7, 11) is 0. The third kappa shape index (κ3) is 2.59. The second-order valence-electron chi connectivity index (χ2n) is 6.53. The van der Waals surface area contributed by atoms with Gasteiger partial charge in [0.15, 0.2) is 17.2 Å². The molecule has 27 heavy (non-hydrogen) atoms. The zero-order valence-corrected chi connectivity index (χ0v) is 15.4. The molecule has 2 aromatic heterocycles. The van der Waals surface area contributed by atoms with Crippen molar-refractivity contribution in [2.75, 3.05) is 0 Å². The summed E-state index contributed by atoms with van der Waals surface area (Å²) in [6.07, 6.45) is 0. The first-order valence-electron chi connectivity index (χ1n) is 8.77. The van der Waals surface area contributed by atoms with Crippen LogP contribution in [0, 0.1) is 6.92 Å². The fourth-order valence-electron chi connectivity index (χ4n) is 3.60. The fourth-order valence-corrected chi connectivity index (χ4v) is 3.60. The van der Waals surface area contributed by atoms with Gasteiger partial charge in [0, 0.05) is 24.6 Å². The van der Waals surface area contributed by atoms with Crippen molar-refractivity contribution in [1.82, 2.24) is 9.50 Å². The maximum atomic E-state index is 12.6. The van der Waals surface area contributed by atoms with E-state index in [-0.39, 0.29) is 11.5 Å². The highest BCUT2D eigenvalue weighted by Gasteiger charge is 2.31. The van der Waals surface area contributed by atoms with Crippen LogP contribution in [-0.4, -0.2) is 15.3 Å². The molecule has 0 atom stereocenters. The molecule has 0 amide bonds. The number of aryl methyl sites for hydroxylation is 1. The number of benzene rings is 2. The van der Waals surface area contributed by atoms with Gasteiger partial charge in [-0.25, -0.2) is 0 Å². The molecule has 0 aliphatic rings. The molecule has 0 radical (unpaired) electrons. The van der Waals surface area contributed by atoms with E-state index in [1.54, 1.807) is 9.08 Å². The molecular weight excluding hydrogens is 338 g/mol. The molecule has 5 nitrogen and oxygen atoms in total. The van der Waals surface area contributed by atoms with Gasteiger partial charge in [0.1, 0.15) is 0 Å². The minimum Gasteiger partial charge on any atom is -0.875 e. The highest BCUT2D eigenvalue weighted by Crippen LogP contribution is 2.24. The number of aromatic nitrogens is 3. The Morgan fingerprint density at radius 3 is 2.15 bits per heavy atom. The Bertz CT molecular complexity index is 1210. The topological polar surface area (TPSA) is 61.3 Å². The number of carbonyl (C=O) groups excluding carboxylic acids is 1. The standard InChI is InChI=1S/C22H19N3O2/c1-14(26)19-20(17-10-6-4-7-11-17)21(15(2)27)24-16(3)25(23-22(19)24)18-12-8-5-9-13-18/h4-13H,1-3H3. The Hall–Kier alpha value is -3.47. The Morgan fingerprint density at radius 1 is 1.00 bits per heavy atom. The summed E-state index contributed by atoms with van der Waals surface area (Å²) in [5.74, 6) is 0.551. The van der Waals surface area contributed by atoms with Gasteiger partial charge in [-0.05, 0) is 22.8 Å². The van der Waals surface area contributed by atoms with E-state index in [4.69, 9.17) is 5.10 Å². The summed E-state index contributed by atoms with van der Waals surface area (Å²) in [5, 5.41) is 17.7. The lowest BCUT2D eigenvalue weighted by Crippen LogP contribution is -2.36. The number of ketones is 1. The average Bonchev–Trinajstić information content (AvgIpc) is 3.18. The van der Waals surface area contributed by atoms with Crippen molar-refractivity contribution < 1.29 is 14.6 Å². The molecule has 0 bridgehead atoms. The Balaban J connectivity index is 2.18. The van der Waals surface area contributed by atoms with Crippen LogP contribution >= 0.6 is 0 Å². The first-order chi connectivity index (χ1) is 13.0. The smallest absolute Gasteiger partial charge is 0.286 e. The molecule has 0 fully saturated rings. The Morgan fingerprint density at radius 2 is 1.59 bits per heavy atom. The molecule has 0 unspecified atom stereocenters. The number of nitrogens with zero attached hydrogens (tertiary/aromatic N) is 3. The normalized spacial score (nSPS) is 12.4. The van der Waals surface area contributed by atoms with Gasteiger partial charge >= 0.3 is 0 Å². The van der Waals surface area contributed by atoms with E-state index in [9.17, 15) is 9.90 Å². The van der Waals surface area contributed by atoms with Gasteiger partial charge in [0.2, 0.25) is 0 Å². The molecule has 134 valence electrons. The molecule has 4 aromatic rings. The highest BCUT2D eigenvalue weighted by molar-refractivity contribution is 6.01. The summed E-state index contributed by atoms with van der Waals surface area (Å²) in [6, 6.07) is 19.2. The van der Waals surface area contributed by atoms with E-state index in [2.05, 4.69) is 0 Å². The predicted octanol–water partition coefficient (Wildman–Crippen LogP) is 2.00. The molecule has 4 rings (SSSR count). The zero-order valence-electron chi connectivity index (χ0n) is 15.4. The first-order valence-corrected chi connectivity index (χ1v) is 8.77. The van der Waals surface area contributed by atoms with E-state index in [1.165, 1.54) is 13.8 Å². The fraction of sp³-hybridized carbons (Fsp3) is 0.136. The summed E-state index contributed by atoms with van der Waals surface area (Å²) < 4.78 is 3.57. The van der Waals surface area contributed by atoms with Crippen LogP contribution in [0.5, 0.6) is 0 Å². The Labute approximate surface area is 156 Å². The molecule has 0 saturated carbocycles. The van der Waals surface area contributed by atoms with E-state index < -0.39 is 0 Å². The minimum atomic E-state index is -0.114. The number of rotatable bonds is 3. The molecule has 5 heteroatoms. The second kappa shape index (κ2) is 6.36. The van der Waals surface area contributed by atoms with Gasteiger partial charge in [0.05, 0.1) is 0 Å². The largest absolute Gasteiger partial charge is 0.875 e. The van der Waals surface area contributed by atoms with Crippen LogP contribution in [0.4, 0.5) is 0 Å². The summed E-state index contributed by atoms with van der Waals surface area (Å²) in [5.41, 5.74) is 3.36. The van der Waals surface area contributed by atoms with Crippen molar-refractivity contribution in [3.05, 3.63) is 77.4 Å². The maximum Gasteiger partial charge on any atom is 0.286 e. The predicted molar refractivity (Wildman–Crippen MR) is 101 cm³/mol. The van der Waals surface area contributed by atoms with Crippen molar-refractivity contribution >= 4 is 17.2 Å². The van der Waals surface area contributed by atoms with Gasteiger partial charge in [-0.15, -0.1) is 5.76 Å². The van der Waals surface area contributed by atoms with Gasteiger partial charge in [-0.1, -0.05) is 60.1 Å². The monoisotopic (exact) mass is 357 g/mol. The van der Waals surface area contributed by atoms with Crippen LogP contribution < -0.4 is 15.0 Å². The minimum absolute atomic E-state index is 0.105. The Kier molecular flexibility index (Phi) is 4.00. The van der Waals surface area contributed by atoms with Gasteiger partial charge in [0.25, 0.3) is 11.5 Å². The summed E-state index contributed by atoms with van der Waals surface area (Å²) in [4.78, 5) is 12.6. The van der Waals surface area contributed by atoms with E-state index >= 15 is 0 Å². The third-order valence-corrected chi connectivity index (χ3v) is 4.72. The zero-order chi connectivity index (χ0) is 19.1. The SMILES string of the molecule is CC(=O)c1c(-c2ccccc2)/c(=C(\C)[O-])c2n[n+](-c3ccccc3)c(C)n12. The molecule has 0 aliphatic carbocycles. The number of hydrogen-bond acceptors (Lipinski definition) is 3. The number of fused-ring (bicyclic) bond motifs is 1. The number of Topliss-reactive ketones (excluding diaryl/α,β-unsaturated/α-hetero) is 1. The summed E-state index contributed by atoms with van der Waals surface area (Å²) >= 11 is 0. The van der Waals surface area contributed by atoms with Crippen LogP contribution in [0.15, 0.2) is 60.7 Å². The van der Waals surface area contributed by atoms with Crippen LogP contribution in [-0.2, 0) is 0 Å². The summed E-state index contributed by atoms with van der Waals surface area (Å²) in [6.45, 7) is 4.94. The van der Waals surface area contributed by atoms with E-state index in [1.807, 2.05) is 67.6 Å². The first kappa shape index (κ1) is 17.0. The van der Waals surface area contributed by atoms with Crippen molar-refractivity contribution in [2.24, 2.45) is 0 Å². The number of hydrogen-bond donors (Lipinski definition) is 0. The number of carbonyl (C=O) groups is 1. The van der Waals surface area contributed by atoms with E-state index in [0.29, 0.717) is 22.1 Å². The van der Waals surface area contributed by atoms with Crippen molar-refractivity contribution in [3.63, 3.8) is 0 Å². The van der Waals surface area contributed by atoms with Crippen LogP contribution in [0.1, 0.15) is 30.2 Å². The molecule has 0 aliphatic heterocycles. The van der Waals surface area contributed by atoms with Crippen LogP contribution in [0.25, 0.3) is 28.2 Å². The van der Waals surface area contributed by atoms with Crippen molar-refractivity contribution in [3.8, 4) is 16.8 Å². The molecule has 0 spiro atoms. The van der Waals surface area contributed by atoms with Crippen LogP contribution in [0.2, 0.25) is 0 Å². The van der Waals surface area contributed by atoms with Crippen LogP contribution in [0.3, 0.4) is 0 Å². The van der Waals surface area contributed by atoms with E-state index in [0.717, 1.165) is 17.1 Å². The maximum absolute atomic E-state index is 12.6. The highest BCUT2D eigenvalue weighted by atomic mass is 16.3. The quantitative estimate of drug-likeness (QED) is 0.416. The van der Waals surface area contributed by atoms with Crippen molar-refractivity contribution in [2.45, 2.75) is 20.8 Å². The lowest BCUT2D eigenvalue weighted by Gasteiger charge is -2.05.